The number of nitrogens with one attached hydrogen (secondary N) is 1. The van der Waals surface area contributed by atoms with Crippen molar-refractivity contribution in [2.24, 2.45) is 0 Å². The van der Waals surface area contributed by atoms with Crippen molar-refractivity contribution in [1.29, 1.82) is 0 Å². The highest BCUT2D eigenvalue weighted by atomic mass is 35.5. The van der Waals surface area contributed by atoms with Crippen molar-refractivity contribution in [3.8, 4) is 0 Å². The summed E-state index contributed by atoms with van der Waals surface area (Å²) >= 11 is 12.6. The van der Waals surface area contributed by atoms with Gasteiger partial charge < -0.3 is 5.21 Å². The Balaban J connectivity index is 2.32. The molecule has 3 atom stereocenters. The molecule has 2 rings (SSSR count). The van der Waals surface area contributed by atoms with Gasteiger partial charge in [0.05, 0.1) is 16.4 Å². The third-order valence-electron chi connectivity index (χ3n) is 2.72. The van der Waals surface area contributed by atoms with Crippen molar-refractivity contribution < 1.29 is 10.4 Å². The average molecular weight is 299 g/mol. The SMILES string of the molecule is [O-][NH+](O)c1ccccc1[C@H](Cl)[C@H](Cl)c1ccccn1. The minimum Gasteiger partial charge on any atom is -0.595 e. The molecular formula is C13H12Cl2N2O2. The van der Waals surface area contributed by atoms with E-state index in [0.29, 0.717) is 11.3 Å². The average Bonchev–Trinajstić information content (AvgIpc) is 2.46. The highest BCUT2D eigenvalue weighted by molar-refractivity contribution is 6.30. The van der Waals surface area contributed by atoms with Crippen LogP contribution in [-0.2, 0) is 0 Å². The fraction of sp³-hybridized carbons (Fsp3) is 0.154. The van der Waals surface area contributed by atoms with Crippen LogP contribution in [0.25, 0.3) is 0 Å². The van der Waals surface area contributed by atoms with Gasteiger partial charge in [-0.15, -0.1) is 23.2 Å². The predicted molar refractivity (Wildman–Crippen MR) is 73.6 cm³/mol. The second-order valence-corrected chi connectivity index (χ2v) is 4.89. The van der Waals surface area contributed by atoms with Crippen molar-refractivity contribution in [3.63, 3.8) is 0 Å². The molecule has 4 nitrogen and oxygen atoms in total. The molecule has 0 bridgehead atoms. The first-order valence-electron chi connectivity index (χ1n) is 5.62. The summed E-state index contributed by atoms with van der Waals surface area (Å²) in [5, 5.41) is 18.0. The molecule has 0 amide bonds. The predicted octanol–water partition coefficient (Wildman–Crippen LogP) is 2.75. The number of aromatic nitrogens is 1. The molecule has 0 aliphatic carbocycles. The van der Waals surface area contributed by atoms with Gasteiger partial charge in [-0.2, -0.15) is 5.23 Å². The zero-order valence-electron chi connectivity index (χ0n) is 9.83. The van der Waals surface area contributed by atoms with Crippen LogP contribution in [0.4, 0.5) is 5.69 Å². The van der Waals surface area contributed by atoms with Crippen LogP contribution in [0.5, 0.6) is 0 Å². The Bertz CT molecular complexity index is 537. The second kappa shape index (κ2) is 6.32. The van der Waals surface area contributed by atoms with Crippen LogP contribution in [0, 0.1) is 5.21 Å². The maximum atomic E-state index is 11.2. The van der Waals surface area contributed by atoms with Crippen molar-refractivity contribution >= 4 is 28.9 Å². The molecule has 0 radical (unpaired) electrons. The molecule has 19 heavy (non-hydrogen) atoms. The number of alkyl halides is 2. The van der Waals surface area contributed by atoms with Crippen LogP contribution < -0.4 is 5.23 Å². The molecule has 0 saturated carbocycles. The van der Waals surface area contributed by atoms with Crippen molar-refractivity contribution in [1.82, 2.24) is 4.98 Å². The molecule has 1 aromatic carbocycles. The van der Waals surface area contributed by atoms with E-state index in [4.69, 9.17) is 28.4 Å². The van der Waals surface area contributed by atoms with Gasteiger partial charge in [-0.25, -0.2) is 5.21 Å². The first-order valence-corrected chi connectivity index (χ1v) is 6.50. The third kappa shape index (κ3) is 3.23. The maximum absolute atomic E-state index is 11.2. The van der Waals surface area contributed by atoms with E-state index in [9.17, 15) is 5.21 Å². The highest BCUT2D eigenvalue weighted by Gasteiger charge is 2.26. The van der Waals surface area contributed by atoms with Gasteiger partial charge in [-0.3, -0.25) is 4.98 Å². The smallest absolute Gasteiger partial charge is 0.168 e. The minimum atomic E-state index is -1.02. The van der Waals surface area contributed by atoms with E-state index in [1.807, 2.05) is 6.07 Å². The number of para-hydroxylation sites is 1. The van der Waals surface area contributed by atoms with E-state index in [0.717, 1.165) is 0 Å². The summed E-state index contributed by atoms with van der Waals surface area (Å²) in [6.45, 7) is 0. The second-order valence-electron chi connectivity index (χ2n) is 3.95. The quantitative estimate of drug-likeness (QED) is 0.674. The normalized spacial score (nSPS) is 15.8. The molecule has 0 fully saturated rings. The number of rotatable bonds is 4. The largest absolute Gasteiger partial charge is 0.595 e. The summed E-state index contributed by atoms with van der Waals surface area (Å²) in [5.74, 6) is 0. The minimum absolute atomic E-state index is 0.157. The van der Waals surface area contributed by atoms with E-state index in [1.54, 1.807) is 36.5 Å². The number of quaternary nitrogens is 1. The van der Waals surface area contributed by atoms with Gasteiger partial charge in [0.2, 0.25) is 0 Å². The van der Waals surface area contributed by atoms with E-state index in [1.165, 1.54) is 6.07 Å². The van der Waals surface area contributed by atoms with E-state index in [2.05, 4.69) is 4.98 Å². The summed E-state index contributed by atoms with van der Waals surface area (Å²) in [4.78, 5) is 4.14. The van der Waals surface area contributed by atoms with Crippen LogP contribution in [0.15, 0.2) is 48.7 Å². The Morgan fingerprint density at radius 3 is 2.37 bits per heavy atom. The molecule has 1 heterocycles. The third-order valence-corrected chi connectivity index (χ3v) is 3.81. The number of nitrogens with zero attached hydrogens (tertiary/aromatic N) is 1. The highest BCUT2D eigenvalue weighted by Crippen LogP contribution is 2.40. The molecule has 0 saturated heterocycles. The molecule has 2 N–H and O–H groups in total. The Hall–Kier alpha value is -1.17. The molecule has 2 aromatic rings. The van der Waals surface area contributed by atoms with E-state index in [-0.39, 0.29) is 5.69 Å². The molecule has 1 unspecified atom stereocenters. The molecule has 0 spiro atoms. The number of hydrogen-bond acceptors (Lipinski definition) is 3. The topological polar surface area (TPSA) is 60.6 Å². The Morgan fingerprint density at radius 2 is 1.74 bits per heavy atom. The lowest BCUT2D eigenvalue weighted by Gasteiger charge is -2.21. The summed E-state index contributed by atoms with van der Waals surface area (Å²) in [7, 11) is 0. The Kier molecular flexibility index (Phi) is 4.74. The molecule has 6 heteroatoms. The lowest BCUT2D eigenvalue weighted by Crippen LogP contribution is -2.99. The van der Waals surface area contributed by atoms with Crippen LogP contribution in [-0.4, -0.2) is 10.2 Å². The lowest BCUT2D eigenvalue weighted by atomic mass is 10.0. The van der Waals surface area contributed by atoms with Crippen molar-refractivity contribution in [3.05, 3.63) is 65.1 Å². The van der Waals surface area contributed by atoms with Gasteiger partial charge in [0.1, 0.15) is 0 Å². The van der Waals surface area contributed by atoms with E-state index < -0.39 is 16.0 Å². The fourth-order valence-corrected chi connectivity index (χ4v) is 2.36. The number of halogens is 2. The zero-order valence-corrected chi connectivity index (χ0v) is 11.3. The van der Waals surface area contributed by atoms with Crippen LogP contribution in [0.2, 0.25) is 0 Å². The molecule has 1 aromatic heterocycles. The summed E-state index contributed by atoms with van der Waals surface area (Å²) < 4.78 is 0. The fourth-order valence-electron chi connectivity index (χ4n) is 1.78. The van der Waals surface area contributed by atoms with Gasteiger partial charge in [0.15, 0.2) is 5.69 Å². The number of pyridine rings is 1. The Labute approximate surface area is 120 Å². The lowest BCUT2D eigenvalue weighted by molar-refractivity contribution is -0.991. The monoisotopic (exact) mass is 298 g/mol. The molecule has 100 valence electrons. The van der Waals surface area contributed by atoms with Gasteiger partial charge >= 0.3 is 0 Å². The molecular weight excluding hydrogens is 287 g/mol. The van der Waals surface area contributed by atoms with Gasteiger partial charge in [0, 0.05) is 17.8 Å². The van der Waals surface area contributed by atoms with Crippen LogP contribution >= 0.6 is 23.2 Å². The van der Waals surface area contributed by atoms with Crippen molar-refractivity contribution in [2.45, 2.75) is 10.8 Å². The van der Waals surface area contributed by atoms with Gasteiger partial charge in [-0.1, -0.05) is 24.3 Å². The first-order chi connectivity index (χ1) is 9.11. The number of benzene rings is 1. The Morgan fingerprint density at radius 1 is 1.05 bits per heavy atom. The van der Waals surface area contributed by atoms with Crippen LogP contribution in [0.1, 0.15) is 22.0 Å². The van der Waals surface area contributed by atoms with Gasteiger partial charge in [0.25, 0.3) is 0 Å². The molecule has 0 aliphatic heterocycles. The summed E-state index contributed by atoms with van der Waals surface area (Å²) in [5.41, 5.74) is 1.26. The first kappa shape index (κ1) is 14.2. The number of hydrogen-bond donors (Lipinski definition) is 2. The zero-order chi connectivity index (χ0) is 13.8. The maximum Gasteiger partial charge on any atom is 0.168 e. The standard InChI is InChI=1S/C13H12Cl2N2O2/c14-12(13(15)10-6-3-4-8-16-10)9-5-1-2-7-11(9)17(18)19/h1-8,12-13,17-18H/t12-,13+/m0/s1. The van der Waals surface area contributed by atoms with Crippen molar-refractivity contribution in [2.75, 3.05) is 0 Å². The molecule has 0 aliphatic rings. The summed E-state index contributed by atoms with van der Waals surface area (Å²) in [6.07, 6.45) is 1.62. The van der Waals surface area contributed by atoms with Crippen LogP contribution in [0.3, 0.4) is 0 Å². The van der Waals surface area contributed by atoms with Gasteiger partial charge in [-0.05, 0) is 12.1 Å². The summed E-state index contributed by atoms with van der Waals surface area (Å²) in [6, 6.07) is 11.9. The van der Waals surface area contributed by atoms with E-state index >= 15 is 0 Å².